The maximum Gasteiger partial charge on any atom is 0.414 e. The largest absolute Gasteiger partial charge is 0.473 e. The number of rotatable bonds is 3. The molecule has 0 bridgehead atoms. The summed E-state index contributed by atoms with van der Waals surface area (Å²) in [6.07, 6.45) is 2.05. The first kappa shape index (κ1) is 21.3. The summed E-state index contributed by atoms with van der Waals surface area (Å²) < 4.78 is 0. The molecule has 2 N–H and O–H groups in total. The number of carboxylic acids is 2. The van der Waals surface area contributed by atoms with Crippen molar-refractivity contribution < 1.29 is 24.6 Å². The number of likely N-dealkylation sites (N-methyl/N-ethyl adjacent to an activating group) is 1. The van der Waals surface area contributed by atoms with Crippen LogP contribution in [0.15, 0.2) is 17.5 Å². The Morgan fingerprint density at radius 3 is 2.11 bits per heavy atom. The van der Waals surface area contributed by atoms with E-state index in [9.17, 15) is 4.79 Å². The Morgan fingerprint density at radius 2 is 1.63 bits per heavy atom. The van der Waals surface area contributed by atoms with Crippen LogP contribution >= 0.6 is 11.3 Å². The number of nitrogens with zero attached hydrogens (tertiary/aromatic N) is 3. The lowest BCUT2D eigenvalue weighted by molar-refractivity contribution is -0.159. The molecule has 0 aromatic carbocycles. The Morgan fingerprint density at radius 1 is 1.04 bits per heavy atom. The lowest BCUT2D eigenvalue weighted by atomic mass is 9.95. The average Bonchev–Trinajstić information content (AvgIpc) is 3.16. The predicted molar refractivity (Wildman–Crippen MR) is 102 cm³/mol. The smallest absolute Gasteiger partial charge is 0.414 e. The van der Waals surface area contributed by atoms with Crippen LogP contribution in [-0.2, 0) is 20.9 Å². The van der Waals surface area contributed by atoms with Crippen LogP contribution in [0, 0.1) is 5.92 Å². The predicted octanol–water partition coefficient (Wildman–Crippen LogP) is 0.890. The fourth-order valence-corrected chi connectivity index (χ4v) is 3.99. The molecule has 1 aromatic rings. The molecule has 2 fully saturated rings. The molecular formula is C18H27N3O5S. The quantitative estimate of drug-likeness (QED) is 0.731. The van der Waals surface area contributed by atoms with E-state index in [2.05, 4.69) is 39.3 Å². The summed E-state index contributed by atoms with van der Waals surface area (Å²) in [5.74, 6) is -2.99. The van der Waals surface area contributed by atoms with E-state index < -0.39 is 11.9 Å². The second-order valence-corrected chi connectivity index (χ2v) is 7.90. The summed E-state index contributed by atoms with van der Waals surface area (Å²) in [5.41, 5.74) is 0. The fraction of sp³-hybridized carbons (Fsp3) is 0.611. The number of carbonyl (C=O) groups excluding carboxylic acids is 1. The zero-order valence-electron chi connectivity index (χ0n) is 15.5. The number of likely N-dealkylation sites (tertiary alicyclic amines) is 1. The van der Waals surface area contributed by atoms with Gasteiger partial charge in [0, 0.05) is 43.5 Å². The second kappa shape index (κ2) is 10.4. The molecule has 0 radical (unpaired) electrons. The molecule has 0 spiro atoms. The molecule has 3 heterocycles. The summed E-state index contributed by atoms with van der Waals surface area (Å²) in [7, 11) is 2.13. The minimum absolute atomic E-state index is 0.257. The van der Waals surface area contributed by atoms with E-state index in [-0.39, 0.29) is 5.92 Å². The van der Waals surface area contributed by atoms with E-state index in [0.717, 1.165) is 58.7 Å². The molecule has 8 nitrogen and oxygen atoms in total. The van der Waals surface area contributed by atoms with Gasteiger partial charge in [0.25, 0.3) is 0 Å². The SMILES string of the molecule is CN1CCN(C(=O)C2CCN(Cc3cccs3)CC2)CC1.O=C(O)C(=O)O. The van der Waals surface area contributed by atoms with Crippen LogP contribution in [0.5, 0.6) is 0 Å². The van der Waals surface area contributed by atoms with Crippen molar-refractivity contribution in [2.24, 2.45) is 5.92 Å². The first-order chi connectivity index (χ1) is 12.9. The standard InChI is InChI=1S/C16H25N3OS.C2H2O4/c1-17-8-10-19(11-9-17)16(20)14-4-6-18(7-5-14)13-15-3-2-12-21-15;3-1(4)2(5)6/h2-3,12,14H,4-11,13H2,1H3;(H,3,4)(H,5,6). The van der Waals surface area contributed by atoms with Gasteiger partial charge in [0.2, 0.25) is 5.91 Å². The molecule has 3 rings (SSSR count). The Labute approximate surface area is 163 Å². The number of amides is 1. The van der Waals surface area contributed by atoms with E-state index in [4.69, 9.17) is 19.8 Å². The van der Waals surface area contributed by atoms with Gasteiger partial charge in [-0.25, -0.2) is 9.59 Å². The van der Waals surface area contributed by atoms with Gasteiger partial charge in [0.05, 0.1) is 0 Å². The van der Waals surface area contributed by atoms with E-state index in [1.54, 1.807) is 0 Å². The van der Waals surface area contributed by atoms with Gasteiger partial charge in [-0.3, -0.25) is 9.69 Å². The summed E-state index contributed by atoms with van der Waals surface area (Å²) >= 11 is 1.83. The van der Waals surface area contributed by atoms with Crippen molar-refractivity contribution in [1.82, 2.24) is 14.7 Å². The molecule has 9 heteroatoms. The number of hydrogen-bond acceptors (Lipinski definition) is 6. The molecule has 0 aliphatic carbocycles. The Kier molecular flexibility index (Phi) is 8.21. The van der Waals surface area contributed by atoms with E-state index in [1.807, 2.05) is 11.3 Å². The molecule has 27 heavy (non-hydrogen) atoms. The molecule has 150 valence electrons. The molecule has 0 unspecified atom stereocenters. The lowest BCUT2D eigenvalue weighted by Crippen LogP contribution is -2.50. The summed E-state index contributed by atoms with van der Waals surface area (Å²) in [6.45, 7) is 7.01. The highest BCUT2D eigenvalue weighted by Gasteiger charge is 2.29. The monoisotopic (exact) mass is 397 g/mol. The van der Waals surface area contributed by atoms with E-state index in [0.29, 0.717) is 5.91 Å². The van der Waals surface area contributed by atoms with Gasteiger partial charge in [0.1, 0.15) is 0 Å². The van der Waals surface area contributed by atoms with Gasteiger partial charge in [-0.05, 0) is 44.4 Å². The highest BCUT2D eigenvalue weighted by atomic mass is 32.1. The maximum atomic E-state index is 12.6. The molecule has 1 amide bonds. The van der Waals surface area contributed by atoms with Crippen LogP contribution in [0.1, 0.15) is 17.7 Å². The third kappa shape index (κ3) is 6.93. The number of piperidine rings is 1. The number of aliphatic carboxylic acids is 2. The molecule has 2 aliphatic rings. The van der Waals surface area contributed by atoms with Crippen molar-refractivity contribution in [3.8, 4) is 0 Å². The van der Waals surface area contributed by atoms with Crippen LogP contribution in [0.3, 0.4) is 0 Å². The average molecular weight is 397 g/mol. The van der Waals surface area contributed by atoms with Crippen molar-refractivity contribution in [2.45, 2.75) is 19.4 Å². The summed E-state index contributed by atoms with van der Waals surface area (Å²) in [5, 5.41) is 16.9. The van der Waals surface area contributed by atoms with Gasteiger partial charge < -0.3 is 20.0 Å². The number of thiophene rings is 1. The molecule has 0 atom stereocenters. The Hall–Kier alpha value is -1.97. The highest BCUT2D eigenvalue weighted by molar-refractivity contribution is 7.09. The van der Waals surface area contributed by atoms with Crippen molar-refractivity contribution in [3.05, 3.63) is 22.4 Å². The molecular weight excluding hydrogens is 370 g/mol. The van der Waals surface area contributed by atoms with Crippen molar-refractivity contribution in [2.75, 3.05) is 46.3 Å². The normalized spacial score (nSPS) is 19.2. The van der Waals surface area contributed by atoms with Gasteiger partial charge in [0.15, 0.2) is 0 Å². The molecule has 2 saturated heterocycles. The Balaban J connectivity index is 0.000000380. The second-order valence-electron chi connectivity index (χ2n) is 6.87. The van der Waals surface area contributed by atoms with Crippen molar-refractivity contribution in [1.29, 1.82) is 0 Å². The number of carboxylic acid groups (broad SMARTS) is 2. The summed E-state index contributed by atoms with van der Waals surface area (Å²) in [4.78, 5) is 39.1. The molecule has 0 saturated carbocycles. The maximum absolute atomic E-state index is 12.6. The van der Waals surface area contributed by atoms with Crippen LogP contribution in [-0.4, -0.2) is 89.1 Å². The third-order valence-electron chi connectivity index (χ3n) is 4.89. The molecule has 2 aliphatic heterocycles. The number of piperazine rings is 1. The highest BCUT2D eigenvalue weighted by Crippen LogP contribution is 2.22. The first-order valence-electron chi connectivity index (χ1n) is 9.05. The lowest BCUT2D eigenvalue weighted by Gasteiger charge is -2.37. The van der Waals surface area contributed by atoms with Crippen molar-refractivity contribution in [3.63, 3.8) is 0 Å². The minimum atomic E-state index is -1.82. The Bertz CT molecular complexity index is 609. The first-order valence-corrected chi connectivity index (χ1v) is 9.93. The fourth-order valence-electron chi connectivity index (χ4n) is 3.25. The number of carbonyl (C=O) groups is 3. The van der Waals surface area contributed by atoms with Gasteiger partial charge in [-0.15, -0.1) is 11.3 Å². The van der Waals surface area contributed by atoms with Crippen LogP contribution in [0.25, 0.3) is 0 Å². The summed E-state index contributed by atoms with van der Waals surface area (Å²) in [6, 6.07) is 4.32. The topological polar surface area (TPSA) is 101 Å². The van der Waals surface area contributed by atoms with Crippen LogP contribution in [0.2, 0.25) is 0 Å². The van der Waals surface area contributed by atoms with E-state index >= 15 is 0 Å². The van der Waals surface area contributed by atoms with Crippen LogP contribution in [0.4, 0.5) is 0 Å². The van der Waals surface area contributed by atoms with Gasteiger partial charge >= 0.3 is 11.9 Å². The third-order valence-corrected chi connectivity index (χ3v) is 5.76. The van der Waals surface area contributed by atoms with Crippen molar-refractivity contribution >= 4 is 29.2 Å². The van der Waals surface area contributed by atoms with Gasteiger partial charge in [-0.1, -0.05) is 6.07 Å². The van der Waals surface area contributed by atoms with Crippen LogP contribution < -0.4 is 0 Å². The van der Waals surface area contributed by atoms with Gasteiger partial charge in [-0.2, -0.15) is 0 Å². The zero-order valence-corrected chi connectivity index (χ0v) is 16.4. The molecule has 1 aromatic heterocycles. The zero-order chi connectivity index (χ0) is 19.8. The number of hydrogen-bond donors (Lipinski definition) is 2. The minimum Gasteiger partial charge on any atom is -0.473 e. The van der Waals surface area contributed by atoms with E-state index in [1.165, 1.54) is 4.88 Å².